The van der Waals surface area contributed by atoms with Gasteiger partial charge < -0.3 is 5.32 Å². The summed E-state index contributed by atoms with van der Waals surface area (Å²) < 4.78 is 0. The van der Waals surface area contributed by atoms with Crippen molar-refractivity contribution in [1.29, 1.82) is 0 Å². The van der Waals surface area contributed by atoms with Crippen LogP contribution >= 0.6 is 0 Å². The van der Waals surface area contributed by atoms with E-state index in [-0.39, 0.29) is 0 Å². The lowest BCUT2D eigenvalue weighted by Gasteiger charge is -2.09. The van der Waals surface area contributed by atoms with Crippen LogP contribution in [0.3, 0.4) is 0 Å². The molecule has 2 N–H and O–H groups in total. The second-order valence-electron chi connectivity index (χ2n) is 4.11. The van der Waals surface area contributed by atoms with Gasteiger partial charge in [-0.1, -0.05) is 30.3 Å². The third-order valence-electron chi connectivity index (χ3n) is 2.85. The molecule has 13 heavy (non-hydrogen) atoms. The minimum Gasteiger partial charge on any atom is -0.340 e. The van der Waals surface area contributed by atoms with Crippen LogP contribution in [0.4, 0.5) is 0 Å². The van der Waals surface area contributed by atoms with Gasteiger partial charge in [0.1, 0.15) is 6.04 Å². The Bertz CT molecular complexity index is 251. The first-order valence-electron chi connectivity index (χ1n) is 5.24. The highest BCUT2D eigenvalue weighted by Gasteiger charge is 2.24. The molecule has 0 amide bonds. The Labute approximate surface area is 80.2 Å². The first-order valence-corrected chi connectivity index (χ1v) is 5.24. The molecule has 0 unspecified atom stereocenters. The molecular weight excluding hydrogens is 158 g/mol. The van der Waals surface area contributed by atoms with Crippen molar-refractivity contribution in [2.24, 2.45) is 5.92 Å². The number of benzene rings is 1. The molecule has 0 radical (unpaired) electrons. The molecule has 2 rings (SSSR count). The van der Waals surface area contributed by atoms with Crippen molar-refractivity contribution in [3.05, 3.63) is 35.9 Å². The zero-order chi connectivity index (χ0) is 9.10. The van der Waals surface area contributed by atoms with Gasteiger partial charge in [-0.15, -0.1) is 0 Å². The van der Waals surface area contributed by atoms with E-state index >= 15 is 0 Å². The maximum absolute atomic E-state index is 2.47. The molecule has 1 aromatic carbocycles. The van der Waals surface area contributed by atoms with Crippen molar-refractivity contribution in [3.8, 4) is 0 Å². The average molecular weight is 176 g/mol. The molecule has 1 aliphatic rings. The Hall–Kier alpha value is -0.820. The third-order valence-corrected chi connectivity index (χ3v) is 2.85. The van der Waals surface area contributed by atoms with Gasteiger partial charge in [0.15, 0.2) is 0 Å². The number of quaternary nitrogens is 1. The smallest absolute Gasteiger partial charge is 0.109 e. The summed E-state index contributed by atoms with van der Waals surface area (Å²) in [7, 11) is 0. The molecular formula is C12H18N+. The van der Waals surface area contributed by atoms with E-state index in [4.69, 9.17) is 0 Å². The molecule has 1 heteroatoms. The Morgan fingerprint density at radius 2 is 2.00 bits per heavy atom. The van der Waals surface area contributed by atoms with Crippen molar-refractivity contribution < 1.29 is 5.32 Å². The third kappa shape index (κ3) is 2.56. The topological polar surface area (TPSA) is 16.6 Å². The summed E-state index contributed by atoms with van der Waals surface area (Å²) in [4.78, 5) is 0. The maximum Gasteiger partial charge on any atom is 0.109 e. The van der Waals surface area contributed by atoms with Crippen LogP contribution in [0.15, 0.2) is 30.3 Å². The Kier molecular flexibility index (Phi) is 2.65. The fourth-order valence-electron chi connectivity index (χ4n) is 1.64. The molecule has 0 bridgehead atoms. The summed E-state index contributed by atoms with van der Waals surface area (Å²) in [6.07, 6.45) is 2.91. The number of nitrogens with two attached hydrogens (primary N) is 1. The second-order valence-corrected chi connectivity index (χ2v) is 4.11. The minimum absolute atomic E-state index is 0.627. The Morgan fingerprint density at radius 3 is 2.62 bits per heavy atom. The number of hydrogen-bond acceptors (Lipinski definition) is 0. The van der Waals surface area contributed by atoms with Crippen LogP contribution < -0.4 is 5.32 Å². The Morgan fingerprint density at radius 1 is 1.31 bits per heavy atom. The van der Waals surface area contributed by atoms with E-state index in [0.29, 0.717) is 6.04 Å². The standard InChI is InChI=1S/C12H17N/c1-10(13-9-11-7-8-11)12-5-3-2-4-6-12/h2-6,10-11,13H,7-9H2,1H3/p+1/t10-/m0/s1. The largest absolute Gasteiger partial charge is 0.340 e. The lowest BCUT2D eigenvalue weighted by atomic mass is 10.1. The van der Waals surface area contributed by atoms with Crippen LogP contribution in [0.2, 0.25) is 0 Å². The van der Waals surface area contributed by atoms with Gasteiger partial charge in [-0.2, -0.15) is 0 Å². The predicted molar refractivity (Wildman–Crippen MR) is 54.4 cm³/mol. The van der Waals surface area contributed by atoms with E-state index in [2.05, 4.69) is 42.6 Å². The summed E-state index contributed by atoms with van der Waals surface area (Å²) in [5.74, 6) is 1.02. The molecule has 0 aromatic heterocycles. The first kappa shape index (κ1) is 8.76. The molecule has 70 valence electrons. The molecule has 1 fully saturated rings. The summed E-state index contributed by atoms with van der Waals surface area (Å²) >= 11 is 0. The van der Waals surface area contributed by atoms with Gasteiger partial charge in [-0.3, -0.25) is 0 Å². The van der Waals surface area contributed by atoms with Gasteiger partial charge in [0.25, 0.3) is 0 Å². The molecule has 1 nitrogen and oxygen atoms in total. The zero-order valence-corrected chi connectivity index (χ0v) is 8.24. The van der Waals surface area contributed by atoms with Gasteiger partial charge in [0.2, 0.25) is 0 Å². The van der Waals surface area contributed by atoms with Crippen LogP contribution in [0.1, 0.15) is 31.4 Å². The summed E-state index contributed by atoms with van der Waals surface area (Å²) in [6, 6.07) is 11.4. The minimum atomic E-state index is 0.627. The van der Waals surface area contributed by atoms with Crippen LogP contribution in [0.5, 0.6) is 0 Å². The highest BCUT2D eigenvalue weighted by atomic mass is 14.9. The van der Waals surface area contributed by atoms with Crippen LogP contribution in [0, 0.1) is 5.92 Å². The van der Waals surface area contributed by atoms with E-state index in [1.165, 1.54) is 24.9 Å². The van der Waals surface area contributed by atoms with E-state index in [0.717, 1.165) is 5.92 Å². The molecule has 1 saturated carbocycles. The lowest BCUT2D eigenvalue weighted by Crippen LogP contribution is -2.85. The predicted octanol–water partition coefficient (Wildman–Crippen LogP) is 1.72. The van der Waals surface area contributed by atoms with Gasteiger partial charge in [-0.05, 0) is 19.8 Å². The molecule has 1 aliphatic carbocycles. The SMILES string of the molecule is C[C@H]([NH2+]CC1CC1)c1ccccc1. The number of rotatable bonds is 4. The van der Waals surface area contributed by atoms with Gasteiger partial charge in [0, 0.05) is 11.5 Å². The molecule has 1 atom stereocenters. The monoisotopic (exact) mass is 176 g/mol. The Balaban J connectivity index is 1.85. The van der Waals surface area contributed by atoms with Gasteiger partial charge in [-0.25, -0.2) is 0 Å². The van der Waals surface area contributed by atoms with E-state index in [9.17, 15) is 0 Å². The normalized spacial score (nSPS) is 18.5. The highest BCUT2D eigenvalue weighted by molar-refractivity contribution is 5.16. The molecule has 0 aliphatic heterocycles. The van der Waals surface area contributed by atoms with Crippen LogP contribution in [-0.4, -0.2) is 6.54 Å². The molecule has 0 spiro atoms. The second kappa shape index (κ2) is 3.93. The molecule has 0 heterocycles. The van der Waals surface area contributed by atoms with Crippen LogP contribution in [0.25, 0.3) is 0 Å². The first-order chi connectivity index (χ1) is 6.36. The van der Waals surface area contributed by atoms with E-state index in [1.54, 1.807) is 0 Å². The summed E-state index contributed by atoms with van der Waals surface area (Å²) in [6.45, 7) is 3.60. The van der Waals surface area contributed by atoms with Crippen molar-refractivity contribution in [3.63, 3.8) is 0 Å². The number of hydrogen-bond donors (Lipinski definition) is 1. The fraction of sp³-hybridized carbons (Fsp3) is 0.500. The van der Waals surface area contributed by atoms with Gasteiger partial charge in [0.05, 0.1) is 6.54 Å². The summed E-state index contributed by atoms with van der Waals surface area (Å²) in [5.41, 5.74) is 1.45. The van der Waals surface area contributed by atoms with Crippen molar-refractivity contribution in [2.45, 2.75) is 25.8 Å². The van der Waals surface area contributed by atoms with Crippen LogP contribution in [-0.2, 0) is 0 Å². The quantitative estimate of drug-likeness (QED) is 0.719. The maximum atomic E-state index is 2.47. The zero-order valence-electron chi connectivity index (χ0n) is 8.24. The van der Waals surface area contributed by atoms with Crippen molar-refractivity contribution >= 4 is 0 Å². The average Bonchev–Trinajstić information content (AvgIpc) is 2.99. The van der Waals surface area contributed by atoms with E-state index in [1.807, 2.05) is 0 Å². The molecule has 1 aromatic rings. The van der Waals surface area contributed by atoms with Crippen molar-refractivity contribution in [2.75, 3.05) is 6.54 Å². The summed E-state index contributed by atoms with van der Waals surface area (Å²) in [5, 5.41) is 2.47. The fourth-order valence-corrected chi connectivity index (χ4v) is 1.64. The molecule has 0 saturated heterocycles. The van der Waals surface area contributed by atoms with Crippen molar-refractivity contribution in [1.82, 2.24) is 0 Å². The van der Waals surface area contributed by atoms with E-state index < -0.39 is 0 Å². The van der Waals surface area contributed by atoms with Gasteiger partial charge >= 0.3 is 0 Å². The lowest BCUT2D eigenvalue weighted by molar-refractivity contribution is -0.695. The highest BCUT2D eigenvalue weighted by Crippen LogP contribution is 2.26.